The zero-order valence-electron chi connectivity index (χ0n) is 7.21. The Kier molecular flexibility index (Phi) is 5.86. The molecule has 1 nitrogen and oxygen atoms in total. The second-order valence-corrected chi connectivity index (χ2v) is 2.40. The Morgan fingerprint density at radius 3 is 2.64 bits per heavy atom. The van der Waals surface area contributed by atoms with Crippen molar-refractivity contribution >= 4 is 16.8 Å². The Bertz CT molecular complexity index is 180. The van der Waals surface area contributed by atoms with Crippen LogP contribution in [0.25, 0.3) is 0 Å². The van der Waals surface area contributed by atoms with Crippen molar-refractivity contribution in [2.45, 2.75) is 20.8 Å². The molecule has 1 unspecified atom stereocenters. The molecule has 0 aliphatic carbocycles. The van der Waals surface area contributed by atoms with Crippen LogP contribution in [0.2, 0.25) is 0 Å². The molecule has 2 heteroatoms. The molecule has 0 aromatic heterocycles. The van der Waals surface area contributed by atoms with Crippen LogP contribution >= 0.6 is 11.6 Å². The van der Waals surface area contributed by atoms with Gasteiger partial charge in [-0.1, -0.05) is 44.5 Å². The minimum absolute atomic E-state index is 0.449. The maximum absolute atomic E-state index is 5.60. The molecule has 0 fully saturated rings. The fourth-order valence-electron chi connectivity index (χ4n) is 0.588. The molecule has 0 aromatic carbocycles. The number of nitrogens with zero attached hydrogens (tertiary/aromatic N) is 1. The summed E-state index contributed by atoms with van der Waals surface area (Å²) in [5.74, 6) is 0.449. The van der Waals surface area contributed by atoms with Gasteiger partial charge in [0.25, 0.3) is 0 Å². The third-order valence-electron chi connectivity index (χ3n) is 1.12. The van der Waals surface area contributed by atoms with Gasteiger partial charge in [-0.25, -0.2) is 4.99 Å². The van der Waals surface area contributed by atoms with Crippen LogP contribution in [-0.2, 0) is 0 Å². The first-order valence-electron chi connectivity index (χ1n) is 3.87. The first-order chi connectivity index (χ1) is 5.29. The first kappa shape index (κ1) is 10.4. The topological polar surface area (TPSA) is 12.4 Å². The summed E-state index contributed by atoms with van der Waals surface area (Å²) in [6.45, 7) is 6.08. The summed E-state index contributed by atoms with van der Waals surface area (Å²) >= 11 is 5.60. The zero-order chi connectivity index (χ0) is 8.69. The highest BCUT2D eigenvalue weighted by Gasteiger charge is 1.93. The lowest BCUT2D eigenvalue weighted by Gasteiger charge is -1.90. The van der Waals surface area contributed by atoms with E-state index in [1.54, 1.807) is 6.20 Å². The van der Waals surface area contributed by atoms with Gasteiger partial charge in [0.1, 0.15) is 5.17 Å². The number of allylic oxidation sites excluding steroid dienone is 3. The molecule has 1 aliphatic heterocycles. The standard InChI is InChI=1S/C7H8ClN.C2H6/c1-6-2-3-7(8)9-5-4-6;1-2/h2-6H,1H3;1-2H3. The molecule has 0 amide bonds. The van der Waals surface area contributed by atoms with E-state index in [-0.39, 0.29) is 0 Å². The zero-order valence-corrected chi connectivity index (χ0v) is 7.97. The van der Waals surface area contributed by atoms with Gasteiger partial charge in [0.05, 0.1) is 0 Å². The minimum Gasteiger partial charge on any atom is -0.245 e. The predicted molar refractivity (Wildman–Crippen MR) is 52.1 cm³/mol. The average molecular weight is 172 g/mol. The lowest BCUT2D eigenvalue weighted by molar-refractivity contribution is 0.941. The minimum atomic E-state index is 0.449. The summed E-state index contributed by atoms with van der Waals surface area (Å²) in [7, 11) is 0. The van der Waals surface area contributed by atoms with Gasteiger partial charge in [-0.2, -0.15) is 0 Å². The SMILES string of the molecule is CC.CC1C=CN=C(Cl)C=C1. The highest BCUT2D eigenvalue weighted by Crippen LogP contribution is 2.05. The van der Waals surface area contributed by atoms with E-state index in [2.05, 4.69) is 11.9 Å². The molecule has 0 saturated carbocycles. The number of rotatable bonds is 0. The van der Waals surface area contributed by atoms with Crippen LogP contribution in [0.4, 0.5) is 0 Å². The van der Waals surface area contributed by atoms with Crippen molar-refractivity contribution in [2.75, 3.05) is 0 Å². The second kappa shape index (κ2) is 6.17. The van der Waals surface area contributed by atoms with Crippen molar-refractivity contribution < 1.29 is 0 Å². The summed E-state index contributed by atoms with van der Waals surface area (Å²) in [4.78, 5) is 3.89. The fourth-order valence-corrected chi connectivity index (χ4v) is 0.717. The lowest BCUT2D eigenvalue weighted by atomic mass is 10.2. The van der Waals surface area contributed by atoms with Crippen LogP contribution < -0.4 is 0 Å². The summed E-state index contributed by atoms with van der Waals surface area (Å²) in [6, 6.07) is 0. The molecule has 1 heterocycles. The average Bonchev–Trinajstić information content (AvgIpc) is 2.20. The van der Waals surface area contributed by atoms with Gasteiger partial charge in [0.15, 0.2) is 0 Å². The van der Waals surface area contributed by atoms with Gasteiger partial charge in [-0.05, 0) is 12.0 Å². The Balaban J connectivity index is 0.000000461. The van der Waals surface area contributed by atoms with Crippen LogP contribution in [0.3, 0.4) is 0 Å². The smallest absolute Gasteiger partial charge is 0.128 e. The van der Waals surface area contributed by atoms with Crippen LogP contribution in [0.1, 0.15) is 20.8 Å². The second-order valence-electron chi connectivity index (χ2n) is 2.01. The third-order valence-corrected chi connectivity index (χ3v) is 1.35. The molecule has 1 atom stereocenters. The molecule has 0 aromatic rings. The van der Waals surface area contributed by atoms with Gasteiger partial charge >= 0.3 is 0 Å². The first-order valence-corrected chi connectivity index (χ1v) is 4.25. The summed E-state index contributed by atoms with van der Waals surface area (Å²) < 4.78 is 0. The van der Waals surface area contributed by atoms with Crippen molar-refractivity contribution in [3.05, 3.63) is 24.4 Å². The van der Waals surface area contributed by atoms with E-state index in [9.17, 15) is 0 Å². The Hall–Kier alpha value is -0.560. The third kappa shape index (κ3) is 4.79. The van der Waals surface area contributed by atoms with Gasteiger partial charge in [0, 0.05) is 6.20 Å². The molecule has 62 valence electrons. The van der Waals surface area contributed by atoms with E-state index in [1.165, 1.54) is 0 Å². The summed E-state index contributed by atoms with van der Waals surface area (Å²) in [6.07, 6.45) is 7.54. The van der Waals surface area contributed by atoms with Crippen LogP contribution in [0.15, 0.2) is 29.4 Å². The number of halogens is 1. The highest BCUT2D eigenvalue weighted by atomic mass is 35.5. The van der Waals surface area contributed by atoms with E-state index >= 15 is 0 Å². The van der Waals surface area contributed by atoms with Crippen LogP contribution in [0, 0.1) is 5.92 Å². The molecule has 1 rings (SSSR count). The molecule has 11 heavy (non-hydrogen) atoms. The molecular formula is C9H14ClN. The van der Waals surface area contributed by atoms with Gasteiger partial charge in [-0.15, -0.1) is 0 Å². The van der Waals surface area contributed by atoms with Gasteiger partial charge in [0.2, 0.25) is 0 Å². The van der Waals surface area contributed by atoms with Crippen molar-refractivity contribution in [2.24, 2.45) is 10.9 Å². The highest BCUT2D eigenvalue weighted by molar-refractivity contribution is 6.68. The van der Waals surface area contributed by atoms with Crippen molar-refractivity contribution in [3.8, 4) is 0 Å². The maximum Gasteiger partial charge on any atom is 0.128 e. The predicted octanol–water partition coefficient (Wildman–Crippen LogP) is 3.37. The molecule has 1 aliphatic rings. The van der Waals surface area contributed by atoms with Crippen molar-refractivity contribution in [3.63, 3.8) is 0 Å². The summed E-state index contributed by atoms with van der Waals surface area (Å²) in [5, 5.41) is 0.551. The van der Waals surface area contributed by atoms with Gasteiger partial charge < -0.3 is 0 Å². The maximum atomic E-state index is 5.60. The van der Waals surface area contributed by atoms with E-state index in [0.717, 1.165) is 0 Å². The lowest BCUT2D eigenvalue weighted by Crippen LogP contribution is -1.79. The number of aliphatic imine (C=N–C) groups is 1. The Morgan fingerprint density at radius 1 is 1.36 bits per heavy atom. The number of hydrogen-bond acceptors (Lipinski definition) is 1. The Labute approximate surface area is 73.5 Å². The van der Waals surface area contributed by atoms with Gasteiger partial charge in [-0.3, -0.25) is 0 Å². The van der Waals surface area contributed by atoms with E-state index < -0.39 is 0 Å². The number of hydrogen-bond donors (Lipinski definition) is 0. The van der Waals surface area contributed by atoms with Crippen molar-refractivity contribution in [1.29, 1.82) is 0 Å². The molecular weight excluding hydrogens is 158 g/mol. The molecule has 0 spiro atoms. The van der Waals surface area contributed by atoms with Crippen LogP contribution in [0.5, 0.6) is 0 Å². The van der Waals surface area contributed by atoms with E-state index in [0.29, 0.717) is 11.1 Å². The molecule has 0 saturated heterocycles. The normalized spacial score (nSPS) is 21.5. The van der Waals surface area contributed by atoms with E-state index in [1.807, 2.05) is 32.1 Å². The quantitative estimate of drug-likeness (QED) is 0.530. The van der Waals surface area contributed by atoms with Crippen LogP contribution in [-0.4, -0.2) is 5.17 Å². The fraction of sp³-hybridized carbons (Fsp3) is 0.444. The molecule has 0 N–H and O–H groups in total. The monoisotopic (exact) mass is 171 g/mol. The molecule has 0 bridgehead atoms. The van der Waals surface area contributed by atoms with Crippen molar-refractivity contribution in [1.82, 2.24) is 0 Å². The summed E-state index contributed by atoms with van der Waals surface area (Å²) in [5.41, 5.74) is 0. The Morgan fingerprint density at radius 2 is 2.00 bits per heavy atom. The molecule has 0 radical (unpaired) electrons. The van der Waals surface area contributed by atoms with E-state index in [4.69, 9.17) is 11.6 Å². The largest absolute Gasteiger partial charge is 0.245 e.